The predicted molar refractivity (Wildman–Crippen MR) is 68.5 cm³/mol. The zero-order valence-corrected chi connectivity index (χ0v) is 11.4. The van der Waals surface area contributed by atoms with Gasteiger partial charge in [-0.15, -0.1) is 0 Å². The number of ether oxygens (including phenoxy) is 1. The minimum absolute atomic E-state index is 0.105. The van der Waals surface area contributed by atoms with Crippen molar-refractivity contribution in [2.75, 3.05) is 13.2 Å². The lowest BCUT2D eigenvalue weighted by atomic mass is 10.1. The van der Waals surface area contributed by atoms with Gasteiger partial charge in [0, 0.05) is 23.9 Å². The van der Waals surface area contributed by atoms with Gasteiger partial charge in [-0.2, -0.15) is 0 Å². The van der Waals surface area contributed by atoms with Gasteiger partial charge in [0.05, 0.1) is 6.61 Å². The molecule has 0 aliphatic heterocycles. The van der Waals surface area contributed by atoms with Crippen molar-refractivity contribution in [3.05, 3.63) is 34.1 Å². The number of carbonyl (C=O) groups is 1. The van der Waals surface area contributed by atoms with Crippen molar-refractivity contribution < 1.29 is 13.9 Å². The second-order valence-corrected chi connectivity index (χ2v) is 4.67. The number of halogens is 2. The molecule has 0 heterocycles. The predicted octanol–water partition coefficient (Wildman–Crippen LogP) is 3.52. The summed E-state index contributed by atoms with van der Waals surface area (Å²) in [6.45, 7) is 3.18. The van der Waals surface area contributed by atoms with Gasteiger partial charge in [-0.05, 0) is 24.1 Å². The topological polar surface area (TPSA) is 26.3 Å². The van der Waals surface area contributed by atoms with Gasteiger partial charge in [-0.1, -0.05) is 28.9 Å². The van der Waals surface area contributed by atoms with E-state index in [2.05, 4.69) is 15.9 Å². The van der Waals surface area contributed by atoms with Gasteiger partial charge in [0.25, 0.3) is 0 Å². The van der Waals surface area contributed by atoms with Crippen LogP contribution in [-0.4, -0.2) is 19.0 Å². The van der Waals surface area contributed by atoms with Crippen LogP contribution in [-0.2, 0) is 16.0 Å². The molecule has 1 aromatic rings. The van der Waals surface area contributed by atoms with Crippen LogP contribution in [0, 0.1) is 5.82 Å². The lowest BCUT2D eigenvalue weighted by Gasteiger charge is -2.05. The average Bonchev–Trinajstić information content (AvgIpc) is 2.28. The second kappa shape index (κ2) is 7.56. The first kappa shape index (κ1) is 14.3. The number of hydrogen-bond donors (Lipinski definition) is 0. The molecule has 2 nitrogen and oxygen atoms in total. The molecule has 0 fully saturated rings. The molecule has 1 rings (SSSR count). The van der Waals surface area contributed by atoms with Crippen molar-refractivity contribution >= 4 is 21.7 Å². The van der Waals surface area contributed by atoms with Crippen molar-refractivity contribution in [3.8, 4) is 0 Å². The number of ketones is 1. The Bertz CT molecular complexity index is 380. The summed E-state index contributed by atoms with van der Waals surface area (Å²) in [6, 6.07) is 4.36. The van der Waals surface area contributed by atoms with E-state index in [1.807, 2.05) is 6.92 Å². The van der Waals surface area contributed by atoms with Crippen LogP contribution >= 0.6 is 15.9 Å². The molecule has 17 heavy (non-hydrogen) atoms. The molecule has 94 valence electrons. The third-order valence-corrected chi connectivity index (χ3v) is 3.01. The summed E-state index contributed by atoms with van der Waals surface area (Å²) in [4.78, 5) is 11.6. The number of benzene rings is 1. The van der Waals surface area contributed by atoms with Gasteiger partial charge < -0.3 is 4.74 Å². The molecule has 0 radical (unpaired) electrons. The summed E-state index contributed by atoms with van der Waals surface area (Å²) in [5, 5.41) is 0. The molecule has 0 aromatic heterocycles. The van der Waals surface area contributed by atoms with E-state index in [1.165, 1.54) is 12.1 Å². The second-order valence-electron chi connectivity index (χ2n) is 3.81. The Hall–Kier alpha value is -0.740. The molecule has 1 aromatic carbocycles. The summed E-state index contributed by atoms with van der Waals surface area (Å²) in [6.07, 6.45) is 1.68. The fourth-order valence-electron chi connectivity index (χ4n) is 1.40. The van der Waals surface area contributed by atoms with E-state index in [0.717, 1.165) is 12.0 Å². The molecule has 0 saturated carbocycles. The molecule has 0 saturated heterocycles. The molecule has 0 N–H and O–H groups in total. The van der Waals surface area contributed by atoms with E-state index in [0.29, 0.717) is 30.5 Å². The van der Waals surface area contributed by atoms with Crippen LogP contribution in [0.4, 0.5) is 4.39 Å². The van der Waals surface area contributed by atoms with Gasteiger partial charge in [0.1, 0.15) is 11.6 Å². The van der Waals surface area contributed by atoms with Crippen LogP contribution < -0.4 is 0 Å². The minimum Gasteiger partial charge on any atom is -0.381 e. The smallest absolute Gasteiger partial charge is 0.139 e. The zero-order chi connectivity index (χ0) is 12.7. The van der Waals surface area contributed by atoms with Crippen LogP contribution in [0.1, 0.15) is 25.3 Å². The van der Waals surface area contributed by atoms with Gasteiger partial charge in [0.2, 0.25) is 0 Å². The van der Waals surface area contributed by atoms with Gasteiger partial charge >= 0.3 is 0 Å². The largest absolute Gasteiger partial charge is 0.381 e. The van der Waals surface area contributed by atoms with Crippen molar-refractivity contribution in [2.45, 2.75) is 26.2 Å². The first-order chi connectivity index (χ1) is 8.13. The van der Waals surface area contributed by atoms with Crippen LogP contribution in [0.5, 0.6) is 0 Å². The van der Waals surface area contributed by atoms with E-state index >= 15 is 0 Å². The summed E-state index contributed by atoms with van der Waals surface area (Å²) >= 11 is 3.25. The summed E-state index contributed by atoms with van der Waals surface area (Å²) in [5.41, 5.74) is 0.812. The Balaban J connectivity index is 2.40. The molecule has 4 heteroatoms. The molecule has 0 aliphatic rings. The monoisotopic (exact) mass is 302 g/mol. The Morgan fingerprint density at radius 2 is 2.18 bits per heavy atom. The summed E-state index contributed by atoms with van der Waals surface area (Å²) in [5.74, 6) is -0.201. The fraction of sp³-hybridized carbons (Fsp3) is 0.462. The quantitative estimate of drug-likeness (QED) is 0.720. The molecule has 0 unspecified atom stereocenters. The van der Waals surface area contributed by atoms with E-state index < -0.39 is 0 Å². The number of rotatable bonds is 7. The zero-order valence-electron chi connectivity index (χ0n) is 9.84. The molecule has 0 atom stereocenters. The highest BCUT2D eigenvalue weighted by molar-refractivity contribution is 9.10. The van der Waals surface area contributed by atoms with Crippen LogP contribution in [0.2, 0.25) is 0 Å². The summed E-state index contributed by atoms with van der Waals surface area (Å²) in [7, 11) is 0. The SMILES string of the molecule is CCCOCCC(=O)Cc1ccc(F)cc1Br. The van der Waals surface area contributed by atoms with E-state index in [4.69, 9.17) is 4.74 Å². The highest BCUT2D eigenvalue weighted by Crippen LogP contribution is 2.19. The molecule has 0 bridgehead atoms. The van der Waals surface area contributed by atoms with E-state index in [-0.39, 0.29) is 11.6 Å². The highest BCUT2D eigenvalue weighted by atomic mass is 79.9. The van der Waals surface area contributed by atoms with Crippen LogP contribution in [0.3, 0.4) is 0 Å². The average molecular weight is 303 g/mol. The number of Topliss-reactive ketones (excluding diaryl/α,β-unsaturated/α-hetero) is 1. The van der Waals surface area contributed by atoms with Crippen LogP contribution in [0.15, 0.2) is 22.7 Å². The normalized spacial score (nSPS) is 10.5. The van der Waals surface area contributed by atoms with Crippen molar-refractivity contribution in [2.24, 2.45) is 0 Å². The Labute approximate surface area is 109 Å². The molecule has 0 spiro atoms. The van der Waals surface area contributed by atoms with Gasteiger partial charge in [-0.25, -0.2) is 4.39 Å². The molecule has 0 aliphatic carbocycles. The third-order valence-electron chi connectivity index (χ3n) is 2.28. The maximum atomic E-state index is 12.8. The Kier molecular flexibility index (Phi) is 6.37. The van der Waals surface area contributed by atoms with Crippen molar-refractivity contribution in [1.29, 1.82) is 0 Å². The maximum Gasteiger partial charge on any atom is 0.139 e. The van der Waals surface area contributed by atoms with E-state index in [9.17, 15) is 9.18 Å². The number of hydrogen-bond acceptors (Lipinski definition) is 2. The Morgan fingerprint density at radius 3 is 2.82 bits per heavy atom. The van der Waals surface area contributed by atoms with Gasteiger partial charge in [0.15, 0.2) is 0 Å². The molecule has 0 amide bonds. The Morgan fingerprint density at radius 1 is 1.41 bits per heavy atom. The highest BCUT2D eigenvalue weighted by Gasteiger charge is 2.07. The van der Waals surface area contributed by atoms with Gasteiger partial charge in [-0.3, -0.25) is 4.79 Å². The van der Waals surface area contributed by atoms with Crippen molar-refractivity contribution in [1.82, 2.24) is 0 Å². The summed E-state index contributed by atoms with van der Waals surface area (Å²) < 4.78 is 18.7. The number of carbonyl (C=O) groups excluding carboxylic acids is 1. The van der Waals surface area contributed by atoms with Crippen LogP contribution in [0.25, 0.3) is 0 Å². The first-order valence-electron chi connectivity index (χ1n) is 5.67. The maximum absolute atomic E-state index is 12.8. The first-order valence-corrected chi connectivity index (χ1v) is 6.46. The lowest BCUT2D eigenvalue weighted by molar-refractivity contribution is -0.119. The molecular weight excluding hydrogens is 287 g/mol. The lowest BCUT2D eigenvalue weighted by Crippen LogP contribution is -2.08. The van der Waals surface area contributed by atoms with E-state index in [1.54, 1.807) is 6.07 Å². The molecular formula is C13H16BrFO2. The fourth-order valence-corrected chi connectivity index (χ4v) is 1.89. The van der Waals surface area contributed by atoms with Crippen molar-refractivity contribution in [3.63, 3.8) is 0 Å². The minimum atomic E-state index is -0.306. The third kappa shape index (κ3) is 5.41. The standard InChI is InChI=1S/C13H16BrFO2/c1-2-6-17-7-5-12(16)8-10-3-4-11(15)9-13(10)14/h3-4,9H,2,5-8H2,1H3.